The summed E-state index contributed by atoms with van der Waals surface area (Å²) in [6.07, 6.45) is -6.13. The van der Waals surface area contributed by atoms with Gasteiger partial charge in [-0.05, 0) is 13.8 Å². The van der Waals surface area contributed by atoms with Crippen molar-refractivity contribution in [2.24, 2.45) is 0 Å². The van der Waals surface area contributed by atoms with E-state index >= 15 is 0 Å². The van der Waals surface area contributed by atoms with Gasteiger partial charge in [-0.25, -0.2) is 4.98 Å². The Morgan fingerprint density at radius 2 is 2.32 bits per heavy atom. The van der Waals surface area contributed by atoms with Gasteiger partial charge in [0, 0.05) is 6.54 Å². The lowest BCUT2D eigenvalue weighted by Crippen LogP contribution is -2.47. The van der Waals surface area contributed by atoms with E-state index in [2.05, 4.69) is 19.9 Å². The Kier molecular flexibility index (Phi) is 5.01. The number of H-pyrrole nitrogens is 1. The van der Waals surface area contributed by atoms with Crippen molar-refractivity contribution in [3.63, 3.8) is 0 Å². The van der Waals surface area contributed by atoms with E-state index in [0.29, 0.717) is 18.2 Å². The molecular weight excluding hydrogens is 305 g/mol. The maximum absolute atomic E-state index is 12.1. The second-order valence-corrected chi connectivity index (χ2v) is 4.99. The number of morpholine rings is 1. The highest BCUT2D eigenvalue weighted by Crippen LogP contribution is 2.21. The third kappa shape index (κ3) is 4.41. The third-order valence-corrected chi connectivity index (χ3v) is 3.13. The number of carbonyl (C=O) groups excluding carboxylic acids is 1. The molecule has 0 unspecified atom stereocenters. The Labute approximate surface area is 124 Å². The molecule has 1 fully saturated rings. The number of aromatic amines is 1. The standard InChI is InChI=1S/C12H17F3N4O3/c1-7(22-6-12(13,14)15)11(20)19-3-4-21-9(5-19)10-16-8(2)17-18-10/h7,9H,3-6H2,1-2H3,(H,16,17,18)/t7-,9-/m0/s1. The zero-order valence-electron chi connectivity index (χ0n) is 12.2. The summed E-state index contributed by atoms with van der Waals surface area (Å²) in [5.41, 5.74) is 0. The van der Waals surface area contributed by atoms with Crippen molar-refractivity contribution in [2.75, 3.05) is 26.3 Å². The monoisotopic (exact) mass is 322 g/mol. The molecule has 2 rings (SSSR count). The molecule has 7 nitrogen and oxygen atoms in total. The van der Waals surface area contributed by atoms with Gasteiger partial charge in [0.15, 0.2) is 5.82 Å². The van der Waals surface area contributed by atoms with Crippen LogP contribution in [0.5, 0.6) is 0 Å². The molecule has 0 bridgehead atoms. The molecule has 0 radical (unpaired) electrons. The minimum atomic E-state index is -4.46. The number of hydrogen-bond acceptors (Lipinski definition) is 5. The van der Waals surface area contributed by atoms with E-state index in [1.807, 2.05) is 0 Å². The van der Waals surface area contributed by atoms with Crippen molar-refractivity contribution in [3.8, 4) is 0 Å². The van der Waals surface area contributed by atoms with E-state index in [4.69, 9.17) is 4.74 Å². The van der Waals surface area contributed by atoms with E-state index in [1.54, 1.807) is 6.92 Å². The minimum Gasteiger partial charge on any atom is -0.366 e. The molecule has 1 aromatic rings. The number of nitrogens with zero attached hydrogens (tertiary/aromatic N) is 3. The molecule has 0 aliphatic carbocycles. The Balaban J connectivity index is 1.92. The van der Waals surface area contributed by atoms with Gasteiger partial charge in [-0.15, -0.1) is 0 Å². The van der Waals surface area contributed by atoms with Crippen LogP contribution in [-0.2, 0) is 14.3 Å². The molecule has 2 heterocycles. The van der Waals surface area contributed by atoms with Crippen molar-refractivity contribution in [1.82, 2.24) is 20.1 Å². The zero-order valence-corrected chi connectivity index (χ0v) is 12.2. The average Bonchev–Trinajstić information content (AvgIpc) is 2.90. The highest BCUT2D eigenvalue weighted by molar-refractivity contribution is 5.80. The molecule has 0 spiro atoms. The molecule has 124 valence electrons. The maximum atomic E-state index is 12.1. The number of nitrogens with one attached hydrogen (secondary N) is 1. The summed E-state index contributed by atoms with van der Waals surface area (Å²) in [5, 5.41) is 6.64. The summed E-state index contributed by atoms with van der Waals surface area (Å²) in [7, 11) is 0. The summed E-state index contributed by atoms with van der Waals surface area (Å²) in [6.45, 7) is 2.31. The topological polar surface area (TPSA) is 80.3 Å². The fourth-order valence-electron chi connectivity index (χ4n) is 2.06. The van der Waals surface area contributed by atoms with Gasteiger partial charge in [-0.3, -0.25) is 9.89 Å². The Hall–Kier alpha value is -1.68. The van der Waals surface area contributed by atoms with Crippen LogP contribution in [0.2, 0.25) is 0 Å². The second-order valence-electron chi connectivity index (χ2n) is 4.99. The molecule has 1 N–H and O–H groups in total. The molecule has 1 aliphatic heterocycles. The zero-order chi connectivity index (χ0) is 16.3. The Morgan fingerprint density at radius 1 is 1.59 bits per heavy atom. The molecule has 22 heavy (non-hydrogen) atoms. The first-order valence-electron chi connectivity index (χ1n) is 6.74. The van der Waals surface area contributed by atoms with Crippen LogP contribution < -0.4 is 0 Å². The molecular formula is C12H17F3N4O3. The normalized spacial score (nSPS) is 21.0. The summed E-state index contributed by atoms with van der Waals surface area (Å²) >= 11 is 0. The highest BCUT2D eigenvalue weighted by atomic mass is 19.4. The van der Waals surface area contributed by atoms with Crippen molar-refractivity contribution in [2.45, 2.75) is 32.2 Å². The van der Waals surface area contributed by atoms with Crippen LogP contribution in [-0.4, -0.2) is 64.6 Å². The van der Waals surface area contributed by atoms with Gasteiger partial charge in [-0.2, -0.15) is 18.3 Å². The van der Waals surface area contributed by atoms with Crippen LogP contribution in [0.15, 0.2) is 0 Å². The molecule has 1 aliphatic rings. The quantitative estimate of drug-likeness (QED) is 0.894. The lowest BCUT2D eigenvalue weighted by molar-refractivity contribution is -0.190. The molecule has 1 amide bonds. The van der Waals surface area contributed by atoms with E-state index in [9.17, 15) is 18.0 Å². The first kappa shape index (κ1) is 16.7. The summed E-state index contributed by atoms with van der Waals surface area (Å²) in [5.74, 6) is 0.521. The Bertz CT molecular complexity index is 520. The molecule has 1 saturated heterocycles. The number of halogens is 3. The van der Waals surface area contributed by atoms with Crippen LogP contribution in [0.4, 0.5) is 13.2 Å². The number of ether oxygens (including phenoxy) is 2. The second kappa shape index (κ2) is 6.61. The molecule has 1 aromatic heterocycles. The fourth-order valence-corrected chi connectivity index (χ4v) is 2.06. The number of aromatic nitrogens is 3. The van der Waals surface area contributed by atoms with Crippen LogP contribution in [0.25, 0.3) is 0 Å². The van der Waals surface area contributed by atoms with Gasteiger partial charge < -0.3 is 14.4 Å². The van der Waals surface area contributed by atoms with Gasteiger partial charge in [0.1, 0.15) is 24.6 Å². The van der Waals surface area contributed by atoms with Crippen LogP contribution >= 0.6 is 0 Å². The van der Waals surface area contributed by atoms with Gasteiger partial charge in [0.2, 0.25) is 0 Å². The smallest absolute Gasteiger partial charge is 0.366 e. The summed E-state index contributed by atoms with van der Waals surface area (Å²) in [6, 6.07) is 0. The van der Waals surface area contributed by atoms with Crippen molar-refractivity contribution in [1.29, 1.82) is 0 Å². The Morgan fingerprint density at radius 3 is 2.91 bits per heavy atom. The SMILES string of the molecule is Cc1nc([C@@H]2CN(C(=O)[C@H](C)OCC(F)(F)F)CCO2)n[nH]1. The van der Waals surface area contributed by atoms with E-state index in [0.717, 1.165) is 0 Å². The van der Waals surface area contributed by atoms with E-state index in [-0.39, 0.29) is 13.2 Å². The number of carbonyl (C=O) groups is 1. The van der Waals surface area contributed by atoms with Crippen molar-refractivity contribution in [3.05, 3.63) is 11.6 Å². The molecule has 10 heteroatoms. The van der Waals surface area contributed by atoms with Crippen LogP contribution in [0.3, 0.4) is 0 Å². The molecule has 0 saturated carbocycles. The summed E-state index contributed by atoms with van der Waals surface area (Å²) < 4.78 is 46.4. The van der Waals surface area contributed by atoms with Gasteiger partial charge in [0.25, 0.3) is 5.91 Å². The van der Waals surface area contributed by atoms with Crippen LogP contribution in [0, 0.1) is 6.92 Å². The van der Waals surface area contributed by atoms with E-state index in [1.165, 1.54) is 11.8 Å². The predicted octanol–water partition coefficient (Wildman–Crippen LogP) is 0.980. The predicted molar refractivity (Wildman–Crippen MR) is 67.9 cm³/mol. The van der Waals surface area contributed by atoms with Crippen LogP contribution in [0.1, 0.15) is 24.7 Å². The average molecular weight is 322 g/mol. The minimum absolute atomic E-state index is 0.176. The fraction of sp³-hybridized carbons (Fsp3) is 0.750. The first-order valence-corrected chi connectivity index (χ1v) is 6.74. The lowest BCUT2D eigenvalue weighted by Gasteiger charge is -2.33. The number of rotatable bonds is 4. The number of alkyl halides is 3. The first-order chi connectivity index (χ1) is 10.3. The maximum Gasteiger partial charge on any atom is 0.411 e. The lowest BCUT2D eigenvalue weighted by atomic mass is 10.2. The van der Waals surface area contributed by atoms with E-state index < -0.39 is 30.9 Å². The summed E-state index contributed by atoms with van der Waals surface area (Å²) in [4.78, 5) is 17.7. The number of hydrogen-bond donors (Lipinski definition) is 1. The van der Waals surface area contributed by atoms with Gasteiger partial charge in [0.05, 0.1) is 13.2 Å². The largest absolute Gasteiger partial charge is 0.411 e. The van der Waals surface area contributed by atoms with Crippen molar-refractivity contribution >= 4 is 5.91 Å². The van der Waals surface area contributed by atoms with Gasteiger partial charge >= 0.3 is 6.18 Å². The number of aryl methyl sites for hydroxylation is 1. The molecule has 2 atom stereocenters. The third-order valence-electron chi connectivity index (χ3n) is 3.13. The van der Waals surface area contributed by atoms with Gasteiger partial charge in [-0.1, -0.05) is 0 Å². The molecule has 0 aromatic carbocycles. The highest BCUT2D eigenvalue weighted by Gasteiger charge is 2.33. The number of amides is 1. The van der Waals surface area contributed by atoms with Crippen molar-refractivity contribution < 1.29 is 27.4 Å².